The Kier molecular flexibility index (Phi) is 7.10. The van der Waals surface area contributed by atoms with Gasteiger partial charge in [-0.1, -0.05) is 30.7 Å². The maximum absolute atomic E-state index is 13.9. The maximum Gasteiger partial charge on any atom is 0.246 e. The highest BCUT2D eigenvalue weighted by Gasteiger charge is 2.34. The average molecular weight is 457 g/mol. The van der Waals surface area contributed by atoms with Crippen LogP contribution in [0, 0.1) is 17.6 Å². The molecular formula is C21H23ClF2N2O3S. The van der Waals surface area contributed by atoms with Gasteiger partial charge in [-0.3, -0.25) is 4.79 Å². The molecular weight excluding hydrogens is 434 g/mol. The zero-order chi connectivity index (χ0) is 21.9. The van der Waals surface area contributed by atoms with Crippen molar-refractivity contribution in [2.24, 2.45) is 5.92 Å². The molecule has 162 valence electrons. The standard InChI is InChI=1S/C21H23ClF2N2O3S/c1-2-19(14-3-5-16(22)6-4-14)25-21(27)15-9-11-26(12-10-15)30(28,29)20-13-17(23)7-8-18(20)24/h3-8,13,15,19H,2,9-12H2,1H3,(H,25,27). The van der Waals surface area contributed by atoms with E-state index in [9.17, 15) is 22.0 Å². The second-order valence-electron chi connectivity index (χ2n) is 7.27. The summed E-state index contributed by atoms with van der Waals surface area (Å²) in [6.45, 7) is 2.09. The molecule has 0 saturated carbocycles. The number of rotatable bonds is 6. The Hall–Kier alpha value is -2.03. The molecule has 0 spiro atoms. The van der Waals surface area contributed by atoms with Crippen LogP contribution in [0.1, 0.15) is 37.8 Å². The quantitative estimate of drug-likeness (QED) is 0.705. The maximum atomic E-state index is 13.9. The second kappa shape index (κ2) is 9.41. The number of nitrogens with one attached hydrogen (secondary N) is 1. The Morgan fingerprint density at radius 3 is 2.40 bits per heavy atom. The largest absolute Gasteiger partial charge is 0.349 e. The van der Waals surface area contributed by atoms with Crippen LogP contribution < -0.4 is 5.32 Å². The van der Waals surface area contributed by atoms with Crippen LogP contribution in [-0.2, 0) is 14.8 Å². The number of hydrogen-bond acceptors (Lipinski definition) is 3. The summed E-state index contributed by atoms with van der Waals surface area (Å²) in [7, 11) is -4.16. The first-order valence-electron chi connectivity index (χ1n) is 9.73. The molecule has 2 aromatic carbocycles. The van der Waals surface area contributed by atoms with Crippen molar-refractivity contribution in [3.8, 4) is 0 Å². The predicted molar refractivity (Wildman–Crippen MR) is 110 cm³/mol. The summed E-state index contributed by atoms with van der Waals surface area (Å²) in [6, 6.07) is 9.43. The normalized spacial score (nSPS) is 16.9. The third kappa shape index (κ3) is 4.99. The van der Waals surface area contributed by atoms with E-state index < -0.39 is 26.6 Å². The molecule has 2 aromatic rings. The van der Waals surface area contributed by atoms with E-state index in [1.54, 1.807) is 12.1 Å². The van der Waals surface area contributed by atoms with Crippen molar-refractivity contribution in [2.75, 3.05) is 13.1 Å². The van der Waals surface area contributed by atoms with Crippen molar-refractivity contribution in [3.63, 3.8) is 0 Å². The lowest BCUT2D eigenvalue weighted by Crippen LogP contribution is -2.43. The molecule has 9 heteroatoms. The monoisotopic (exact) mass is 456 g/mol. The van der Waals surface area contributed by atoms with E-state index in [0.717, 1.165) is 22.0 Å². The van der Waals surface area contributed by atoms with E-state index >= 15 is 0 Å². The minimum absolute atomic E-state index is 0.0636. The van der Waals surface area contributed by atoms with E-state index in [4.69, 9.17) is 11.6 Å². The van der Waals surface area contributed by atoms with Crippen molar-refractivity contribution in [3.05, 3.63) is 64.7 Å². The number of piperidine rings is 1. The van der Waals surface area contributed by atoms with Gasteiger partial charge in [-0.15, -0.1) is 0 Å². The smallest absolute Gasteiger partial charge is 0.246 e. The highest BCUT2D eigenvalue weighted by molar-refractivity contribution is 7.89. The SMILES string of the molecule is CCC(NC(=O)C1CCN(S(=O)(=O)c2cc(F)ccc2F)CC1)c1ccc(Cl)cc1. The van der Waals surface area contributed by atoms with Gasteiger partial charge in [0, 0.05) is 24.0 Å². The molecule has 3 rings (SSSR count). The van der Waals surface area contributed by atoms with Gasteiger partial charge in [0.15, 0.2) is 0 Å². The molecule has 1 heterocycles. The molecule has 0 aromatic heterocycles. The Balaban J connectivity index is 1.63. The zero-order valence-electron chi connectivity index (χ0n) is 16.4. The van der Waals surface area contributed by atoms with Crippen LogP contribution in [0.5, 0.6) is 0 Å². The van der Waals surface area contributed by atoms with Gasteiger partial charge in [-0.2, -0.15) is 4.31 Å². The first-order valence-corrected chi connectivity index (χ1v) is 11.5. The van der Waals surface area contributed by atoms with Gasteiger partial charge >= 0.3 is 0 Å². The van der Waals surface area contributed by atoms with Gasteiger partial charge in [0.1, 0.15) is 16.5 Å². The second-order valence-corrected chi connectivity index (χ2v) is 9.62. The van der Waals surface area contributed by atoms with Gasteiger partial charge in [-0.25, -0.2) is 17.2 Å². The highest BCUT2D eigenvalue weighted by Crippen LogP contribution is 2.27. The first-order chi connectivity index (χ1) is 14.2. The van der Waals surface area contributed by atoms with Gasteiger partial charge < -0.3 is 5.32 Å². The Morgan fingerprint density at radius 1 is 1.17 bits per heavy atom. The molecule has 1 unspecified atom stereocenters. The molecule has 1 saturated heterocycles. The molecule has 5 nitrogen and oxygen atoms in total. The lowest BCUT2D eigenvalue weighted by molar-refractivity contribution is -0.126. The number of amides is 1. The number of carbonyl (C=O) groups is 1. The fraction of sp³-hybridized carbons (Fsp3) is 0.381. The van der Waals surface area contributed by atoms with Crippen molar-refractivity contribution in [1.82, 2.24) is 9.62 Å². The molecule has 1 atom stereocenters. The lowest BCUT2D eigenvalue weighted by atomic mass is 9.96. The Morgan fingerprint density at radius 2 is 1.80 bits per heavy atom. The summed E-state index contributed by atoms with van der Waals surface area (Å²) in [5.41, 5.74) is 0.942. The molecule has 1 N–H and O–H groups in total. The van der Waals surface area contributed by atoms with Crippen molar-refractivity contribution in [2.45, 2.75) is 37.1 Å². The van der Waals surface area contributed by atoms with Gasteiger partial charge in [-0.05, 0) is 55.2 Å². The Bertz CT molecular complexity index is 1010. The van der Waals surface area contributed by atoms with E-state index in [-0.39, 0.29) is 31.0 Å². The predicted octanol–water partition coefficient (Wildman–Crippen LogP) is 4.29. The molecule has 1 aliphatic heterocycles. The van der Waals surface area contributed by atoms with E-state index in [1.807, 2.05) is 19.1 Å². The first kappa shape index (κ1) is 22.7. The van der Waals surface area contributed by atoms with Gasteiger partial charge in [0.2, 0.25) is 15.9 Å². The minimum atomic E-state index is -4.16. The summed E-state index contributed by atoms with van der Waals surface area (Å²) in [5.74, 6) is -2.32. The van der Waals surface area contributed by atoms with Crippen LogP contribution >= 0.6 is 11.6 Å². The van der Waals surface area contributed by atoms with E-state index in [2.05, 4.69) is 5.32 Å². The number of hydrogen-bond donors (Lipinski definition) is 1. The summed E-state index contributed by atoms with van der Waals surface area (Å²) >= 11 is 5.91. The Labute approximate surface area is 180 Å². The summed E-state index contributed by atoms with van der Waals surface area (Å²) in [6.07, 6.45) is 1.30. The molecule has 0 bridgehead atoms. The van der Waals surface area contributed by atoms with E-state index in [0.29, 0.717) is 30.4 Å². The van der Waals surface area contributed by atoms with Gasteiger partial charge in [0.05, 0.1) is 6.04 Å². The van der Waals surface area contributed by atoms with Crippen LogP contribution in [-0.4, -0.2) is 31.7 Å². The fourth-order valence-corrected chi connectivity index (χ4v) is 5.25. The topological polar surface area (TPSA) is 66.5 Å². The van der Waals surface area contributed by atoms with E-state index in [1.165, 1.54) is 0 Å². The van der Waals surface area contributed by atoms with Crippen LogP contribution in [0.25, 0.3) is 0 Å². The number of sulfonamides is 1. The molecule has 1 aliphatic rings. The highest BCUT2D eigenvalue weighted by atomic mass is 35.5. The summed E-state index contributed by atoms with van der Waals surface area (Å²) in [4.78, 5) is 12.0. The molecule has 1 fully saturated rings. The van der Waals surface area contributed by atoms with Crippen molar-refractivity contribution < 1.29 is 22.0 Å². The number of nitrogens with zero attached hydrogens (tertiary/aromatic N) is 1. The summed E-state index contributed by atoms with van der Waals surface area (Å²) in [5, 5.41) is 3.63. The molecule has 0 radical (unpaired) electrons. The number of carbonyl (C=O) groups excluding carboxylic acids is 1. The van der Waals surface area contributed by atoms with Crippen molar-refractivity contribution in [1.29, 1.82) is 0 Å². The average Bonchev–Trinajstić information content (AvgIpc) is 2.74. The van der Waals surface area contributed by atoms with Crippen LogP contribution in [0.4, 0.5) is 8.78 Å². The van der Waals surface area contributed by atoms with Crippen molar-refractivity contribution >= 4 is 27.5 Å². The third-order valence-electron chi connectivity index (χ3n) is 5.33. The van der Waals surface area contributed by atoms with Crippen LogP contribution in [0.2, 0.25) is 5.02 Å². The number of halogens is 3. The summed E-state index contributed by atoms with van der Waals surface area (Å²) < 4.78 is 53.8. The molecule has 1 amide bonds. The number of benzene rings is 2. The van der Waals surface area contributed by atoms with Crippen LogP contribution in [0.15, 0.2) is 47.4 Å². The zero-order valence-corrected chi connectivity index (χ0v) is 18.0. The lowest BCUT2D eigenvalue weighted by Gasteiger charge is -2.31. The van der Waals surface area contributed by atoms with Crippen LogP contribution in [0.3, 0.4) is 0 Å². The molecule has 30 heavy (non-hydrogen) atoms. The van der Waals surface area contributed by atoms with Gasteiger partial charge in [0.25, 0.3) is 0 Å². The third-order valence-corrected chi connectivity index (χ3v) is 7.50. The minimum Gasteiger partial charge on any atom is -0.349 e. The molecule has 0 aliphatic carbocycles. The fourth-order valence-electron chi connectivity index (χ4n) is 3.58.